The summed E-state index contributed by atoms with van der Waals surface area (Å²) >= 11 is 1.63. The second-order valence-electron chi connectivity index (χ2n) is 4.91. The van der Waals surface area contributed by atoms with Crippen LogP contribution in [0.5, 0.6) is 0 Å². The van der Waals surface area contributed by atoms with Gasteiger partial charge in [0.25, 0.3) is 0 Å². The Morgan fingerprint density at radius 3 is 2.53 bits per heavy atom. The molecule has 1 heterocycles. The van der Waals surface area contributed by atoms with E-state index in [1.54, 1.807) is 11.8 Å². The molecule has 17 heavy (non-hydrogen) atoms. The van der Waals surface area contributed by atoms with Gasteiger partial charge in [-0.25, -0.2) is 0 Å². The predicted molar refractivity (Wildman–Crippen MR) is 71.7 cm³/mol. The molecule has 0 bridgehead atoms. The fourth-order valence-electron chi connectivity index (χ4n) is 2.05. The van der Waals surface area contributed by atoms with Gasteiger partial charge in [-0.05, 0) is 25.0 Å². The summed E-state index contributed by atoms with van der Waals surface area (Å²) in [6, 6.07) is 2.40. The van der Waals surface area contributed by atoms with Crippen LogP contribution >= 0.6 is 11.8 Å². The summed E-state index contributed by atoms with van der Waals surface area (Å²) in [7, 11) is 0. The summed E-state index contributed by atoms with van der Waals surface area (Å²) in [5, 5.41) is 9.18. The molecule has 0 aliphatic carbocycles. The van der Waals surface area contributed by atoms with Crippen molar-refractivity contribution in [3.8, 4) is 6.07 Å². The maximum atomic E-state index is 12.0. The van der Waals surface area contributed by atoms with E-state index in [1.165, 1.54) is 0 Å². The molecule has 1 amide bonds. The fourth-order valence-corrected chi connectivity index (χ4v) is 2.73. The Morgan fingerprint density at radius 1 is 1.53 bits per heavy atom. The number of nitrogens with zero attached hydrogens (tertiary/aromatic N) is 2. The van der Waals surface area contributed by atoms with Crippen molar-refractivity contribution < 1.29 is 4.79 Å². The Hall–Kier alpha value is -0.690. The molecule has 0 spiro atoms. The van der Waals surface area contributed by atoms with E-state index in [9.17, 15) is 10.1 Å². The highest BCUT2D eigenvalue weighted by Gasteiger charge is 2.35. The van der Waals surface area contributed by atoms with Gasteiger partial charge in [0, 0.05) is 19.5 Å². The smallest absolute Gasteiger partial charge is 0.222 e. The third kappa shape index (κ3) is 3.64. The lowest BCUT2D eigenvalue weighted by Crippen LogP contribution is -2.44. The maximum Gasteiger partial charge on any atom is 0.222 e. The van der Waals surface area contributed by atoms with Gasteiger partial charge in [-0.15, -0.1) is 11.8 Å². The number of piperidine rings is 1. The lowest BCUT2D eigenvalue weighted by Gasteiger charge is -2.36. The predicted octanol–water partition coefficient (Wildman–Crippen LogP) is 2.67. The van der Waals surface area contributed by atoms with Crippen LogP contribution in [0.15, 0.2) is 0 Å². The Morgan fingerprint density at radius 2 is 2.12 bits per heavy atom. The lowest BCUT2D eigenvalue weighted by molar-refractivity contribution is -0.133. The average molecular weight is 254 g/mol. The van der Waals surface area contributed by atoms with E-state index < -0.39 is 0 Å². The molecular weight excluding hydrogens is 232 g/mol. The number of rotatable bonds is 4. The fraction of sp³-hybridized carbons (Fsp3) is 0.846. The quantitative estimate of drug-likeness (QED) is 0.774. The molecule has 1 unspecified atom stereocenters. The Bertz CT molecular complexity index is 303. The summed E-state index contributed by atoms with van der Waals surface area (Å²) in [5.41, 5.74) is 0. The molecule has 1 atom stereocenters. The highest BCUT2D eigenvalue weighted by Crippen LogP contribution is 2.34. The zero-order valence-electron chi connectivity index (χ0n) is 11.0. The molecule has 1 aliphatic heterocycles. The molecule has 1 fully saturated rings. The molecule has 1 saturated heterocycles. The van der Waals surface area contributed by atoms with Crippen molar-refractivity contribution in [2.75, 3.05) is 19.3 Å². The van der Waals surface area contributed by atoms with Crippen LogP contribution in [0, 0.1) is 17.2 Å². The number of likely N-dealkylation sites (tertiary alicyclic amines) is 1. The van der Waals surface area contributed by atoms with Gasteiger partial charge in [-0.1, -0.05) is 20.3 Å². The summed E-state index contributed by atoms with van der Waals surface area (Å²) in [5.74, 6) is 0.720. The molecule has 4 heteroatoms. The molecule has 1 aliphatic rings. The molecule has 0 radical (unpaired) electrons. The van der Waals surface area contributed by atoms with Crippen molar-refractivity contribution in [3.63, 3.8) is 0 Å². The van der Waals surface area contributed by atoms with Crippen molar-refractivity contribution in [3.05, 3.63) is 0 Å². The van der Waals surface area contributed by atoms with Gasteiger partial charge in [0.05, 0.1) is 6.07 Å². The minimum atomic E-state index is -0.257. The minimum Gasteiger partial charge on any atom is -0.343 e. The van der Waals surface area contributed by atoms with Crippen LogP contribution in [0.25, 0.3) is 0 Å². The third-order valence-corrected chi connectivity index (χ3v) is 5.02. The standard InChI is InChI=1S/C13H22N2OS/c1-4-11(2)9-12(16)15-7-5-13(10-14,17-3)6-8-15/h11H,4-9H2,1-3H3. The zero-order valence-corrected chi connectivity index (χ0v) is 11.8. The van der Waals surface area contributed by atoms with Gasteiger partial charge in [0.15, 0.2) is 0 Å². The first-order valence-electron chi connectivity index (χ1n) is 6.31. The maximum absolute atomic E-state index is 12.0. The van der Waals surface area contributed by atoms with Crippen molar-refractivity contribution in [1.82, 2.24) is 4.90 Å². The van der Waals surface area contributed by atoms with E-state index >= 15 is 0 Å². The van der Waals surface area contributed by atoms with Gasteiger partial charge >= 0.3 is 0 Å². The highest BCUT2D eigenvalue weighted by atomic mass is 32.2. The first kappa shape index (κ1) is 14.4. The topological polar surface area (TPSA) is 44.1 Å². The Kier molecular flexibility index (Phi) is 5.32. The first-order chi connectivity index (χ1) is 8.06. The number of carbonyl (C=O) groups is 1. The zero-order chi connectivity index (χ0) is 12.9. The van der Waals surface area contributed by atoms with Gasteiger partial charge in [0.2, 0.25) is 5.91 Å². The number of hydrogen-bond acceptors (Lipinski definition) is 3. The SMILES string of the molecule is CCC(C)CC(=O)N1CCC(C#N)(SC)CC1. The van der Waals surface area contributed by atoms with Crippen LogP contribution in [0.4, 0.5) is 0 Å². The largest absolute Gasteiger partial charge is 0.343 e. The normalized spacial score (nSPS) is 20.7. The van der Waals surface area contributed by atoms with Crippen molar-refractivity contribution in [1.29, 1.82) is 5.26 Å². The number of nitriles is 1. The molecule has 0 saturated carbocycles. The summed E-state index contributed by atoms with van der Waals surface area (Å²) < 4.78 is -0.257. The summed E-state index contributed by atoms with van der Waals surface area (Å²) in [6.07, 6.45) is 5.29. The number of amides is 1. The van der Waals surface area contributed by atoms with Gasteiger partial charge < -0.3 is 4.90 Å². The second kappa shape index (κ2) is 6.30. The molecule has 0 aromatic carbocycles. The summed E-state index contributed by atoms with van der Waals surface area (Å²) in [6.45, 7) is 5.71. The van der Waals surface area contributed by atoms with Crippen LogP contribution in [0.3, 0.4) is 0 Å². The molecule has 96 valence electrons. The first-order valence-corrected chi connectivity index (χ1v) is 7.53. The van der Waals surface area contributed by atoms with Crippen molar-refractivity contribution in [2.24, 2.45) is 5.92 Å². The van der Waals surface area contributed by atoms with Crippen LogP contribution in [-0.2, 0) is 4.79 Å². The third-order valence-electron chi connectivity index (χ3n) is 3.74. The molecular formula is C13H22N2OS. The number of hydrogen-bond donors (Lipinski definition) is 0. The van der Waals surface area contributed by atoms with Crippen LogP contribution in [-0.4, -0.2) is 34.9 Å². The van der Waals surface area contributed by atoms with E-state index in [0.717, 1.165) is 32.4 Å². The van der Waals surface area contributed by atoms with E-state index in [1.807, 2.05) is 11.2 Å². The highest BCUT2D eigenvalue weighted by molar-refractivity contribution is 8.00. The number of thioether (sulfide) groups is 1. The van der Waals surface area contributed by atoms with Crippen molar-refractivity contribution in [2.45, 2.75) is 44.3 Å². The molecule has 0 aromatic rings. The van der Waals surface area contributed by atoms with Gasteiger partial charge in [-0.3, -0.25) is 4.79 Å². The van der Waals surface area contributed by atoms with Crippen LogP contribution in [0.1, 0.15) is 39.5 Å². The van der Waals surface area contributed by atoms with E-state index in [-0.39, 0.29) is 10.7 Å². The van der Waals surface area contributed by atoms with Crippen LogP contribution < -0.4 is 0 Å². The van der Waals surface area contributed by atoms with E-state index in [4.69, 9.17) is 0 Å². The number of carbonyl (C=O) groups excluding carboxylic acids is 1. The van der Waals surface area contributed by atoms with Crippen molar-refractivity contribution >= 4 is 17.7 Å². The second-order valence-corrected chi connectivity index (χ2v) is 6.10. The minimum absolute atomic E-state index is 0.256. The lowest BCUT2D eigenvalue weighted by atomic mass is 9.96. The Balaban J connectivity index is 2.47. The molecule has 0 aromatic heterocycles. The monoisotopic (exact) mass is 254 g/mol. The molecule has 1 rings (SSSR count). The van der Waals surface area contributed by atoms with E-state index in [2.05, 4.69) is 19.9 Å². The van der Waals surface area contributed by atoms with Gasteiger partial charge in [0.1, 0.15) is 4.75 Å². The average Bonchev–Trinajstić information content (AvgIpc) is 2.38. The molecule has 0 N–H and O–H groups in total. The van der Waals surface area contributed by atoms with E-state index in [0.29, 0.717) is 12.3 Å². The summed E-state index contributed by atoms with van der Waals surface area (Å²) in [4.78, 5) is 13.9. The Labute approximate surface area is 109 Å². The van der Waals surface area contributed by atoms with Crippen LogP contribution in [0.2, 0.25) is 0 Å². The molecule has 3 nitrogen and oxygen atoms in total. The van der Waals surface area contributed by atoms with Gasteiger partial charge in [-0.2, -0.15) is 5.26 Å².